The van der Waals surface area contributed by atoms with Crippen LogP contribution in [0.2, 0.25) is 0 Å². The van der Waals surface area contributed by atoms with Crippen molar-refractivity contribution in [2.45, 2.75) is 39.0 Å². The van der Waals surface area contributed by atoms with E-state index in [9.17, 15) is 0 Å². The van der Waals surface area contributed by atoms with E-state index >= 15 is 0 Å². The van der Waals surface area contributed by atoms with Crippen molar-refractivity contribution in [3.8, 4) is 9.79 Å². The Balaban J connectivity index is 2.80. The summed E-state index contributed by atoms with van der Waals surface area (Å²) in [5.41, 5.74) is 0. The van der Waals surface area contributed by atoms with Gasteiger partial charge in [-0.25, -0.2) is 0 Å². The minimum absolute atomic E-state index is 1.10. The van der Waals surface area contributed by atoms with Crippen LogP contribution in [0, 0.1) is 9.79 Å². The topological polar surface area (TPSA) is 0 Å². The Bertz CT molecular complexity index is 96.9. The van der Waals surface area contributed by atoms with E-state index in [4.69, 9.17) is 0 Å². The summed E-state index contributed by atoms with van der Waals surface area (Å²) < 4.78 is 3.02. The van der Waals surface area contributed by atoms with Gasteiger partial charge in [0.15, 0.2) is 0 Å². The van der Waals surface area contributed by atoms with E-state index in [0.29, 0.717) is 0 Å². The molecule has 0 rings (SSSR count). The first-order valence-corrected chi connectivity index (χ1v) is 5.25. The standard InChI is InChI=1S/C8H13.Sb.2H/c1-3-5-7-8-6-4-2;;;/h3,5-8H2,1H3;;;. The van der Waals surface area contributed by atoms with E-state index in [2.05, 4.69) is 16.7 Å². The molecule has 0 saturated heterocycles. The van der Waals surface area contributed by atoms with Crippen LogP contribution in [0.3, 0.4) is 0 Å². The molecule has 0 spiro atoms. The number of rotatable bonds is 4. The predicted molar refractivity (Wildman–Crippen MR) is 45.1 cm³/mol. The Kier molecular flexibility index (Phi) is 8.73. The van der Waals surface area contributed by atoms with Gasteiger partial charge in [0.1, 0.15) is 0 Å². The van der Waals surface area contributed by atoms with Crippen LogP contribution < -0.4 is 0 Å². The average Bonchev–Trinajstić information content (AvgIpc) is 1.89. The monoisotopic (exact) mass is 232 g/mol. The van der Waals surface area contributed by atoms with Crippen LogP contribution in [0.15, 0.2) is 0 Å². The second-order valence-corrected chi connectivity index (χ2v) is 2.96. The van der Waals surface area contributed by atoms with Gasteiger partial charge >= 0.3 is 71.8 Å². The summed E-state index contributed by atoms with van der Waals surface area (Å²) in [7, 11) is 0. The summed E-state index contributed by atoms with van der Waals surface area (Å²) in [6, 6.07) is 0. The Morgan fingerprint density at radius 2 is 2.00 bits per heavy atom. The Hall–Kier alpha value is 0.378. The molecule has 0 N–H and O–H groups in total. The van der Waals surface area contributed by atoms with Gasteiger partial charge in [0.2, 0.25) is 0 Å². The summed E-state index contributed by atoms with van der Waals surface area (Å²) in [4.78, 5) is 0. The molecule has 0 unspecified atom stereocenters. The molecule has 0 aromatic heterocycles. The van der Waals surface area contributed by atoms with Crippen molar-refractivity contribution < 1.29 is 0 Å². The molecule has 0 radical (unpaired) electrons. The normalized spacial score (nSPS) is 8.22. The Morgan fingerprint density at radius 1 is 1.22 bits per heavy atom. The van der Waals surface area contributed by atoms with Crippen LogP contribution in [-0.2, 0) is 0 Å². The van der Waals surface area contributed by atoms with Crippen molar-refractivity contribution in [1.82, 2.24) is 0 Å². The average molecular weight is 233 g/mol. The second kappa shape index (κ2) is 8.38. The van der Waals surface area contributed by atoms with Crippen molar-refractivity contribution >= 4 is 23.0 Å². The third-order valence-corrected chi connectivity index (χ3v) is 1.84. The fourth-order valence-electron chi connectivity index (χ4n) is 0.712. The van der Waals surface area contributed by atoms with E-state index < -0.39 is 0 Å². The first-order valence-electron chi connectivity index (χ1n) is 3.60. The zero-order valence-corrected chi connectivity index (χ0v) is 9.41. The fraction of sp³-hybridized carbons (Fsp3) is 0.750. The van der Waals surface area contributed by atoms with Crippen LogP contribution in [0.25, 0.3) is 0 Å². The molecule has 0 fully saturated rings. The first kappa shape index (κ1) is 9.38. The summed E-state index contributed by atoms with van der Waals surface area (Å²) >= 11 is 1.10. The van der Waals surface area contributed by atoms with Crippen LogP contribution in [0.4, 0.5) is 0 Å². The summed E-state index contributed by atoms with van der Waals surface area (Å²) in [6.45, 7) is 2.23. The van der Waals surface area contributed by atoms with Crippen molar-refractivity contribution in [3.05, 3.63) is 0 Å². The van der Waals surface area contributed by atoms with Crippen LogP contribution in [0.5, 0.6) is 0 Å². The molecule has 52 valence electrons. The molecule has 0 aromatic rings. The zero-order chi connectivity index (χ0) is 6.95. The number of unbranched alkanes of at least 4 members (excludes halogenated alkanes) is 4. The zero-order valence-electron chi connectivity index (χ0n) is 6.11. The van der Waals surface area contributed by atoms with Crippen molar-refractivity contribution in [3.63, 3.8) is 0 Å². The van der Waals surface area contributed by atoms with E-state index in [0.717, 1.165) is 29.4 Å². The van der Waals surface area contributed by atoms with Gasteiger partial charge in [0.05, 0.1) is 0 Å². The summed E-state index contributed by atoms with van der Waals surface area (Å²) in [5, 5.41) is 0. The number of hydrogen-bond acceptors (Lipinski definition) is 0. The first-order chi connectivity index (χ1) is 4.41. The van der Waals surface area contributed by atoms with Gasteiger partial charge in [-0.05, 0) is 0 Å². The van der Waals surface area contributed by atoms with Crippen LogP contribution >= 0.6 is 0 Å². The van der Waals surface area contributed by atoms with Crippen molar-refractivity contribution in [2.75, 3.05) is 0 Å². The van der Waals surface area contributed by atoms with Gasteiger partial charge in [-0.15, -0.1) is 0 Å². The minimum atomic E-state index is 1.10. The molecule has 0 nitrogen and oxygen atoms in total. The molecule has 0 saturated carbocycles. The molecule has 0 aliphatic heterocycles. The third kappa shape index (κ3) is 8.38. The maximum atomic E-state index is 3.11. The molecular weight excluding hydrogens is 218 g/mol. The van der Waals surface area contributed by atoms with Crippen molar-refractivity contribution in [1.29, 1.82) is 0 Å². The van der Waals surface area contributed by atoms with Gasteiger partial charge < -0.3 is 0 Å². The summed E-state index contributed by atoms with van der Waals surface area (Å²) in [5.74, 6) is 3.11. The van der Waals surface area contributed by atoms with Crippen LogP contribution in [0.1, 0.15) is 39.0 Å². The van der Waals surface area contributed by atoms with E-state index in [-0.39, 0.29) is 0 Å². The van der Waals surface area contributed by atoms with Gasteiger partial charge in [-0.3, -0.25) is 0 Å². The van der Waals surface area contributed by atoms with Crippen LogP contribution in [-0.4, -0.2) is 23.0 Å². The molecule has 1 heteroatoms. The van der Waals surface area contributed by atoms with Gasteiger partial charge in [-0.1, -0.05) is 0 Å². The molecular formula is C8H15Sb. The maximum absolute atomic E-state index is 3.11. The molecule has 0 amide bonds. The van der Waals surface area contributed by atoms with Gasteiger partial charge in [-0.2, -0.15) is 0 Å². The second-order valence-electron chi connectivity index (χ2n) is 2.13. The molecule has 0 atom stereocenters. The van der Waals surface area contributed by atoms with Crippen molar-refractivity contribution in [2.24, 2.45) is 0 Å². The molecule has 0 bridgehead atoms. The van der Waals surface area contributed by atoms with Gasteiger partial charge in [0, 0.05) is 0 Å². The van der Waals surface area contributed by atoms with Gasteiger partial charge in [0.25, 0.3) is 0 Å². The SMILES string of the molecule is CCCCCCC#[C][SbH2]. The predicted octanol–water partition coefficient (Wildman–Crippen LogP) is 1.55. The fourth-order valence-corrected chi connectivity index (χ4v) is 1.12. The Morgan fingerprint density at radius 3 is 2.56 bits per heavy atom. The number of hydrogen-bond donors (Lipinski definition) is 0. The van der Waals surface area contributed by atoms with E-state index in [1.165, 1.54) is 25.7 Å². The Labute approximate surface area is 71.9 Å². The molecule has 0 aliphatic carbocycles. The molecule has 9 heavy (non-hydrogen) atoms. The molecule has 0 heterocycles. The quantitative estimate of drug-likeness (QED) is 0.392. The molecule has 0 aromatic carbocycles. The van der Waals surface area contributed by atoms with E-state index in [1.807, 2.05) is 0 Å². The van der Waals surface area contributed by atoms with E-state index in [1.54, 1.807) is 0 Å². The summed E-state index contributed by atoms with van der Waals surface area (Å²) in [6.07, 6.45) is 6.50. The molecule has 0 aliphatic rings. The third-order valence-electron chi connectivity index (χ3n) is 1.26.